The standard InChI is InChI=1S/C36H64O10Si3/c1-24(25(2)44-47(4,5)6)34-32(43-34)22-31-36(46-49(10,11)12)35(45-48(7,8)9)27(23-42-31)20-28(37)21-30(38)26-15-17-29(18-16-26)41-19-13-14-33(39)40-3/h15-18,24-25,27,30-32,34-36,38H,13-14,19-23H2,1-12H3/t24-,25+,27+,30?,31+,32+,34+,35-,36-/m1/s1. The SMILES string of the molecule is COC(=O)CCCOc1ccc(C(O)CC(=O)C[C@H]2CO[C@@H](C[C@@H]3O[C@H]3[C@H](C)[C@H](C)O[Si](C)(C)C)[C@@H](O[Si](C)(C)C)[C@@H]2O[Si](C)(C)C)cc1. The van der Waals surface area contributed by atoms with Crippen molar-refractivity contribution in [3.8, 4) is 5.75 Å². The molecule has 280 valence electrons. The van der Waals surface area contributed by atoms with Crippen LogP contribution in [0, 0.1) is 11.8 Å². The molecular formula is C36H64O10Si3. The number of ketones is 1. The Morgan fingerprint density at radius 3 is 2.08 bits per heavy atom. The highest BCUT2D eigenvalue weighted by Gasteiger charge is 2.52. The molecule has 0 saturated carbocycles. The van der Waals surface area contributed by atoms with Gasteiger partial charge in [-0.3, -0.25) is 9.59 Å². The van der Waals surface area contributed by atoms with E-state index in [4.69, 9.17) is 27.5 Å². The number of hydrogen-bond donors (Lipinski definition) is 1. The third-order valence-electron chi connectivity index (χ3n) is 8.74. The number of carbonyl (C=O) groups is 2. The highest BCUT2D eigenvalue weighted by Crippen LogP contribution is 2.41. The summed E-state index contributed by atoms with van der Waals surface area (Å²) in [6.07, 6.45) is 0.316. The number of rotatable bonds is 20. The molecule has 1 unspecified atom stereocenters. The van der Waals surface area contributed by atoms with Crippen LogP contribution in [0.15, 0.2) is 24.3 Å². The quantitative estimate of drug-likeness (QED) is 0.0655. The molecule has 0 bridgehead atoms. The molecule has 13 heteroatoms. The number of benzene rings is 1. The zero-order chi connectivity index (χ0) is 36.7. The summed E-state index contributed by atoms with van der Waals surface area (Å²) in [5, 5.41) is 11.0. The summed E-state index contributed by atoms with van der Waals surface area (Å²) in [4.78, 5) is 24.8. The fraction of sp³-hybridized carbons (Fsp3) is 0.778. The van der Waals surface area contributed by atoms with Gasteiger partial charge in [-0.15, -0.1) is 0 Å². The number of Topliss-reactive ketones (excluding diaryl/α,β-unsaturated/α-hetero) is 1. The van der Waals surface area contributed by atoms with Crippen molar-refractivity contribution in [1.29, 1.82) is 0 Å². The maximum absolute atomic E-state index is 13.5. The number of aliphatic hydroxyl groups is 1. The van der Waals surface area contributed by atoms with Crippen LogP contribution in [-0.4, -0.2) is 98.8 Å². The molecule has 1 aromatic carbocycles. The summed E-state index contributed by atoms with van der Waals surface area (Å²) in [6, 6.07) is 7.06. The summed E-state index contributed by atoms with van der Waals surface area (Å²) in [5.74, 6) is 0.393. The molecule has 0 amide bonds. The summed E-state index contributed by atoms with van der Waals surface area (Å²) in [7, 11) is -4.39. The molecule has 1 N–H and O–H groups in total. The van der Waals surface area contributed by atoms with Crippen LogP contribution >= 0.6 is 0 Å². The van der Waals surface area contributed by atoms with Crippen LogP contribution in [0.2, 0.25) is 58.9 Å². The first-order valence-corrected chi connectivity index (χ1v) is 28.2. The van der Waals surface area contributed by atoms with Gasteiger partial charge in [-0.25, -0.2) is 0 Å². The normalized spacial score (nSPS) is 26.5. The van der Waals surface area contributed by atoms with Crippen LogP contribution in [-0.2, 0) is 37.1 Å². The maximum atomic E-state index is 13.5. The van der Waals surface area contributed by atoms with Crippen molar-refractivity contribution in [3.05, 3.63) is 29.8 Å². The van der Waals surface area contributed by atoms with Crippen molar-refractivity contribution >= 4 is 36.7 Å². The van der Waals surface area contributed by atoms with E-state index in [2.05, 4.69) is 77.5 Å². The lowest BCUT2D eigenvalue weighted by molar-refractivity contribution is -0.159. The number of carbonyl (C=O) groups excluding carboxylic acids is 2. The highest BCUT2D eigenvalue weighted by atomic mass is 28.4. The second kappa shape index (κ2) is 17.9. The molecule has 2 fully saturated rings. The van der Waals surface area contributed by atoms with Gasteiger partial charge >= 0.3 is 5.97 Å². The lowest BCUT2D eigenvalue weighted by Crippen LogP contribution is -2.58. The molecular weight excluding hydrogens is 677 g/mol. The number of esters is 1. The van der Waals surface area contributed by atoms with Gasteiger partial charge in [0, 0.05) is 43.6 Å². The van der Waals surface area contributed by atoms with Crippen LogP contribution in [0.1, 0.15) is 57.6 Å². The largest absolute Gasteiger partial charge is 0.494 e. The lowest BCUT2D eigenvalue weighted by atomic mass is 9.85. The van der Waals surface area contributed by atoms with Gasteiger partial charge in [0.25, 0.3) is 0 Å². The first kappa shape index (κ1) is 42.0. The minimum atomic E-state index is -2.05. The van der Waals surface area contributed by atoms with Crippen molar-refractivity contribution in [2.24, 2.45) is 11.8 Å². The topological polar surface area (TPSA) is 122 Å². The Balaban J connectivity index is 1.65. The molecule has 10 nitrogen and oxygen atoms in total. The minimum Gasteiger partial charge on any atom is -0.494 e. The molecule has 9 atom stereocenters. The predicted octanol–water partition coefficient (Wildman–Crippen LogP) is 6.89. The molecule has 1 aromatic rings. The Morgan fingerprint density at radius 2 is 1.51 bits per heavy atom. The van der Waals surface area contributed by atoms with Gasteiger partial charge in [0.2, 0.25) is 0 Å². The van der Waals surface area contributed by atoms with Gasteiger partial charge in [-0.05, 0) is 90.0 Å². The predicted molar refractivity (Wildman–Crippen MR) is 198 cm³/mol. The van der Waals surface area contributed by atoms with E-state index in [1.807, 2.05) is 0 Å². The van der Waals surface area contributed by atoms with Crippen molar-refractivity contribution in [3.63, 3.8) is 0 Å². The molecule has 0 aromatic heterocycles. The number of methoxy groups -OCH3 is 1. The first-order chi connectivity index (χ1) is 22.7. The third-order valence-corrected chi connectivity index (χ3v) is 11.8. The fourth-order valence-electron chi connectivity index (χ4n) is 6.39. The molecule has 2 aliphatic rings. The monoisotopic (exact) mass is 740 g/mol. The van der Waals surface area contributed by atoms with Crippen LogP contribution < -0.4 is 4.74 Å². The van der Waals surface area contributed by atoms with Crippen LogP contribution in [0.25, 0.3) is 0 Å². The number of ether oxygens (including phenoxy) is 4. The zero-order valence-electron chi connectivity index (χ0n) is 32.1. The molecule has 49 heavy (non-hydrogen) atoms. The average molecular weight is 741 g/mol. The molecule has 2 heterocycles. The minimum absolute atomic E-state index is 0.00830. The van der Waals surface area contributed by atoms with E-state index in [0.717, 1.165) is 0 Å². The van der Waals surface area contributed by atoms with Crippen LogP contribution in [0.5, 0.6) is 5.75 Å². The Morgan fingerprint density at radius 1 is 0.898 bits per heavy atom. The van der Waals surface area contributed by atoms with E-state index in [1.165, 1.54) is 7.11 Å². The van der Waals surface area contributed by atoms with Gasteiger partial charge in [0.15, 0.2) is 25.0 Å². The van der Waals surface area contributed by atoms with E-state index in [9.17, 15) is 14.7 Å². The van der Waals surface area contributed by atoms with Gasteiger partial charge in [0.05, 0.1) is 56.9 Å². The van der Waals surface area contributed by atoms with E-state index < -0.39 is 31.1 Å². The van der Waals surface area contributed by atoms with E-state index in [1.54, 1.807) is 24.3 Å². The molecule has 3 rings (SSSR count). The molecule has 0 radical (unpaired) electrons. The van der Waals surface area contributed by atoms with Crippen molar-refractivity contribution in [2.75, 3.05) is 20.3 Å². The molecule has 0 spiro atoms. The zero-order valence-corrected chi connectivity index (χ0v) is 35.1. The van der Waals surface area contributed by atoms with Crippen LogP contribution in [0.4, 0.5) is 0 Å². The van der Waals surface area contributed by atoms with Crippen molar-refractivity contribution in [2.45, 2.75) is 148 Å². The lowest BCUT2D eigenvalue weighted by Gasteiger charge is -2.47. The average Bonchev–Trinajstić information content (AvgIpc) is 3.74. The summed E-state index contributed by atoms with van der Waals surface area (Å²) < 4.78 is 43.2. The van der Waals surface area contributed by atoms with Gasteiger partial charge in [-0.2, -0.15) is 0 Å². The van der Waals surface area contributed by atoms with Gasteiger partial charge in [0.1, 0.15) is 11.5 Å². The Labute approximate surface area is 298 Å². The number of hydrogen-bond acceptors (Lipinski definition) is 10. The Hall–Kier alpha value is -1.43. The highest BCUT2D eigenvalue weighted by molar-refractivity contribution is 6.70. The third kappa shape index (κ3) is 14.6. The Kier molecular flexibility index (Phi) is 15.3. The van der Waals surface area contributed by atoms with Crippen molar-refractivity contribution < 1.29 is 46.9 Å². The second-order valence-electron chi connectivity index (χ2n) is 16.8. The van der Waals surface area contributed by atoms with Gasteiger partial charge in [-0.1, -0.05) is 19.1 Å². The smallest absolute Gasteiger partial charge is 0.305 e. The first-order valence-electron chi connectivity index (χ1n) is 18.0. The fourth-order valence-corrected chi connectivity index (χ4v) is 9.97. The summed E-state index contributed by atoms with van der Waals surface area (Å²) in [6.45, 7) is 24.8. The second-order valence-corrected chi connectivity index (χ2v) is 30.1. The molecule has 2 saturated heterocycles. The number of epoxide rings is 1. The van der Waals surface area contributed by atoms with E-state index in [0.29, 0.717) is 43.8 Å². The summed E-state index contributed by atoms with van der Waals surface area (Å²) >= 11 is 0. The molecule has 2 aliphatic heterocycles. The van der Waals surface area contributed by atoms with E-state index in [-0.39, 0.29) is 73.1 Å². The van der Waals surface area contributed by atoms with Crippen LogP contribution in [0.3, 0.4) is 0 Å². The molecule has 0 aliphatic carbocycles. The Bertz CT molecular complexity index is 1190. The number of aliphatic hydroxyl groups excluding tert-OH is 1. The van der Waals surface area contributed by atoms with Crippen molar-refractivity contribution in [1.82, 2.24) is 0 Å². The maximum Gasteiger partial charge on any atom is 0.305 e. The van der Waals surface area contributed by atoms with Gasteiger partial charge < -0.3 is 37.3 Å². The van der Waals surface area contributed by atoms with E-state index >= 15 is 0 Å². The summed E-state index contributed by atoms with van der Waals surface area (Å²) in [5.41, 5.74) is 0.642.